The molecule has 84 valence electrons. The molecule has 3 heteroatoms. The number of rotatable bonds is 2. The molecular weight excluding hydrogens is 176 g/mol. The van der Waals surface area contributed by atoms with Gasteiger partial charge in [-0.05, 0) is 6.42 Å². The van der Waals surface area contributed by atoms with Crippen molar-refractivity contribution in [1.82, 2.24) is 9.78 Å². The second-order valence-corrected chi connectivity index (χ2v) is 2.17. The first-order chi connectivity index (χ1) is 6.77. The van der Waals surface area contributed by atoms with E-state index in [1.165, 1.54) is 0 Å². The molecule has 0 radical (unpaired) electrons. The van der Waals surface area contributed by atoms with Crippen molar-refractivity contribution >= 4 is 0 Å². The first-order valence-corrected chi connectivity index (χ1v) is 5.34. The highest BCUT2D eigenvalue weighted by atomic mass is 16.5. The zero-order valence-electron chi connectivity index (χ0n) is 10.6. The van der Waals surface area contributed by atoms with Crippen LogP contribution >= 0.6 is 0 Å². The minimum atomic E-state index is 0.880. The van der Waals surface area contributed by atoms with Crippen LogP contribution in [0.25, 0.3) is 0 Å². The quantitative estimate of drug-likeness (QED) is 0.733. The van der Waals surface area contributed by atoms with Gasteiger partial charge in [-0.25, -0.2) is 0 Å². The van der Waals surface area contributed by atoms with Gasteiger partial charge >= 0.3 is 0 Å². The van der Waals surface area contributed by atoms with Gasteiger partial charge in [0.25, 0.3) is 0 Å². The Kier molecular flexibility index (Phi) is 11.2. The Morgan fingerprint density at radius 3 is 2.07 bits per heavy atom. The number of nitrogens with zero attached hydrogens (tertiary/aromatic N) is 2. The average molecular weight is 200 g/mol. The third kappa shape index (κ3) is 4.90. The molecular formula is C11H24N2O. The van der Waals surface area contributed by atoms with Crippen LogP contribution in [0.3, 0.4) is 0 Å². The normalized spacial score (nSPS) is 7.93. The highest BCUT2D eigenvalue weighted by molar-refractivity contribution is 5.23. The van der Waals surface area contributed by atoms with Crippen molar-refractivity contribution in [3.8, 4) is 5.75 Å². The molecule has 0 N–H and O–H groups in total. The monoisotopic (exact) mass is 200 g/mol. The summed E-state index contributed by atoms with van der Waals surface area (Å²) in [5.41, 5.74) is 1.02. The molecule has 1 heterocycles. The van der Waals surface area contributed by atoms with Gasteiger partial charge in [0.05, 0.1) is 13.3 Å². The predicted octanol–water partition coefficient (Wildman–Crippen LogP) is 3.04. The minimum absolute atomic E-state index is 0.880. The Balaban J connectivity index is 0. The predicted molar refractivity (Wildman–Crippen MR) is 61.8 cm³/mol. The SMILES string of the molecule is CC.CC.CCc1nn(C)cc1OC. The van der Waals surface area contributed by atoms with E-state index in [4.69, 9.17) is 4.74 Å². The first-order valence-electron chi connectivity index (χ1n) is 5.34. The van der Waals surface area contributed by atoms with Gasteiger partial charge in [0.2, 0.25) is 0 Å². The summed E-state index contributed by atoms with van der Waals surface area (Å²) in [6.07, 6.45) is 2.79. The molecule has 14 heavy (non-hydrogen) atoms. The smallest absolute Gasteiger partial charge is 0.159 e. The molecule has 0 bridgehead atoms. The van der Waals surface area contributed by atoms with E-state index in [1.54, 1.807) is 11.8 Å². The maximum Gasteiger partial charge on any atom is 0.159 e. The van der Waals surface area contributed by atoms with Gasteiger partial charge < -0.3 is 4.74 Å². The van der Waals surface area contributed by atoms with Gasteiger partial charge in [-0.1, -0.05) is 34.6 Å². The summed E-state index contributed by atoms with van der Waals surface area (Å²) in [6, 6.07) is 0. The average Bonchev–Trinajstić information content (AvgIpc) is 2.64. The van der Waals surface area contributed by atoms with Gasteiger partial charge in [-0.2, -0.15) is 5.10 Å². The van der Waals surface area contributed by atoms with E-state index in [2.05, 4.69) is 12.0 Å². The topological polar surface area (TPSA) is 27.1 Å². The van der Waals surface area contributed by atoms with Gasteiger partial charge in [-0.15, -0.1) is 0 Å². The van der Waals surface area contributed by atoms with Crippen LogP contribution in [0.2, 0.25) is 0 Å². The van der Waals surface area contributed by atoms with Crippen molar-refractivity contribution < 1.29 is 4.74 Å². The lowest BCUT2D eigenvalue weighted by Crippen LogP contribution is -1.89. The molecule has 0 spiro atoms. The van der Waals surface area contributed by atoms with Crippen molar-refractivity contribution in [3.63, 3.8) is 0 Å². The van der Waals surface area contributed by atoms with Crippen LogP contribution in [-0.2, 0) is 13.5 Å². The molecule has 1 aromatic rings. The van der Waals surface area contributed by atoms with Crippen LogP contribution in [0.1, 0.15) is 40.3 Å². The molecule has 1 rings (SSSR count). The Bertz CT molecular complexity index is 198. The second-order valence-electron chi connectivity index (χ2n) is 2.17. The Morgan fingerprint density at radius 2 is 1.79 bits per heavy atom. The molecule has 0 saturated carbocycles. The summed E-state index contributed by atoms with van der Waals surface area (Å²) in [5.74, 6) is 0.880. The standard InChI is InChI=1S/C7H12N2O.2C2H6/c1-4-6-7(10-3)5-9(2)8-6;2*1-2/h5H,4H2,1-3H3;2*1-2H3. The van der Waals surface area contributed by atoms with Gasteiger partial charge in [0.15, 0.2) is 5.75 Å². The third-order valence-electron chi connectivity index (χ3n) is 1.42. The molecule has 0 aliphatic rings. The summed E-state index contributed by atoms with van der Waals surface area (Å²) in [5, 5.41) is 4.19. The highest BCUT2D eigenvalue weighted by Gasteiger charge is 2.03. The van der Waals surface area contributed by atoms with Crippen LogP contribution in [0.5, 0.6) is 5.75 Å². The van der Waals surface area contributed by atoms with Crippen LogP contribution in [0, 0.1) is 0 Å². The fourth-order valence-corrected chi connectivity index (χ4v) is 0.928. The molecule has 0 unspecified atom stereocenters. The van der Waals surface area contributed by atoms with E-state index in [9.17, 15) is 0 Å². The summed E-state index contributed by atoms with van der Waals surface area (Å²) in [6.45, 7) is 10.1. The van der Waals surface area contributed by atoms with E-state index >= 15 is 0 Å². The maximum absolute atomic E-state index is 5.07. The number of aromatic nitrogens is 2. The molecule has 0 aromatic carbocycles. The van der Waals surface area contributed by atoms with Crippen LogP contribution in [0.15, 0.2) is 6.20 Å². The summed E-state index contributed by atoms with van der Waals surface area (Å²) >= 11 is 0. The third-order valence-corrected chi connectivity index (χ3v) is 1.42. The van der Waals surface area contributed by atoms with Crippen LogP contribution < -0.4 is 4.74 Å². The Labute approximate surface area is 88.1 Å². The first kappa shape index (κ1) is 15.5. The molecule has 0 saturated heterocycles. The van der Waals surface area contributed by atoms with Crippen LogP contribution in [0.4, 0.5) is 0 Å². The molecule has 0 amide bonds. The van der Waals surface area contributed by atoms with E-state index < -0.39 is 0 Å². The van der Waals surface area contributed by atoms with Crippen molar-refractivity contribution in [2.24, 2.45) is 7.05 Å². The Morgan fingerprint density at radius 1 is 1.29 bits per heavy atom. The van der Waals surface area contributed by atoms with Crippen molar-refractivity contribution in [2.45, 2.75) is 41.0 Å². The van der Waals surface area contributed by atoms with E-state index in [-0.39, 0.29) is 0 Å². The molecule has 0 fully saturated rings. The fraction of sp³-hybridized carbons (Fsp3) is 0.727. The summed E-state index contributed by atoms with van der Waals surface area (Å²) in [4.78, 5) is 0. The molecule has 0 atom stereocenters. The molecule has 3 nitrogen and oxygen atoms in total. The fourth-order valence-electron chi connectivity index (χ4n) is 0.928. The summed E-state index contributed by atoms with van der Waals surface area (Å²) in [7, 11) is 3.55. The number of methoxy groups -OCH3 is 1. The lowest BCUT2D eigenvalue weighted by Gasteiger charge is -1.93. The van der Waals surface area contributed by atoms with E-state index in [0.29, 0.717) is 0 Å². The van der Waals surface area contributed by atoms with Crippen LogP contribution in [-0.4, -0.2) is 16.9 Å². The molecule has 0 aliphatic carbocycles. The van der Waals surface area contributed by atoms with Gasteiger partial charge in [0.1, 0.15) is 5.69 Å². The lowest BCUT2D eigenvalue weighted by atomic mass is 10.3. The Hall–Kier alpha value is -0.990. The zero-order chi connectivity index (χ0) is 11.6. The minimum Gasteiger partial charge on any atom is -0.493 e. The maximum atomic E-state index is 5.07. The second kappa shape index (κ2) is 10.1. The lowest BCUT2D eigenvalue weighted by molar-refractivity contribution is 0.410. The van der Waals surface area contributed by atoms with Gasteiger partial charge in [0, 0.05) is 7.05 Å². The van der Waals surface area contributed by atoms with Crippen molar-refractivity contribution in [1.29, 1.82) is 0 Å². The largest absolute Gasteiger partial charge is 0.493 e. The number of aryl methyl sites for hydroxylation is 2. The van der Waals surface area contributed by atoms with Gasteiger partial charge in [-0.3, -0.25) is 4.68 Å². The zero-order valence-corrected chi connectivity index (χ0v) is 10.6. The van der Waals surface area contributed by atoms with E-state index in [1.807, 2.05) is 40.9 Å². The van der Waals surface area contributed by atoms with Crippen molar-refractivity contribution in [3.05, 3.63) is 11.9 Å². The number of hydrogen-bond acceptors (Lipinski definition) is 2. The number of ether oxygens (including phenoxy) is 1. The molecule has 1 aromatic heterocycles. The van der Waals surface area contributed by atoms with E-state index in [0.717, 1.165) is 17.9 Å². The molecule has 0 aliphatic heterocycles. The number of hydrogen-bond donors (Lipinski definition) is 0. The summed E-state index contributed by atoms with van der Waals surface area (Å²) < 4.78 is 6.84. The van der Waals surface area contributed by atoms with Crippen molar-refractivity contribution in [2.75, 3.05) is 7.11 Å². The highest BCUT2D eigenvalue weighted by Crippen LogP contribution is 2.14.